The predicted molar refractivity (Wildman–Crippen MR) is 42.5 cm³/mol. The molecule has 1 aromatic carbocycles. The zero-order chi connectivity index (χ0) is 11.5. The zero-order valence-electron chi connectivity index (χ0n) is 7.31. The zero-order valence-corrected chi connectivity index (χ0v) is 7.31. The molecule has 1 rings (SSSR count). The molecule has 15 heavy (non-hydrogen) atoms. The van der Waals surface area contributed by atoms with Gasteiger partial charge in [0.15, 0.2) is 6.61 Å². The Bertz CT molecular complexity index is 394. The molecule has 0 saturated heterocycles. The van der Waals surface area contributed by atoms with Crippen LogP contribution in [0.25, 0.3) is 0 Å². The molecule has 6 heteroatoms. The fraction of sp³-hybridized carbons (Fsp3) is 0.222. The Hall–Kier alpha value is -1.77. The fourth-order valence-electron chi connectivity index (χ4n) is 0.960. The van der Waals surface area contributed by atoms with Gasteiger partial charge in [-0.15, -0.1) is 0 Å². The predicted octanol–water partition coefficient (Wildman–Crippen LogP) is 2.75. The van der Waals surface area contributed by atoms with E-state index in [1.54, 1.807) is 0 Å². The first-order valence-electron chi connectivity index (χ1n) is 3.81. The van der Waals surface area contributed by atoms with Gasteiger partial charge in [-0.3, -0.25) is 0 Å². The van der Waals surface area contributed by atoms with Crippen molar-refractivity contribution < 1.29 is 22.3 Å². The molecule has 0 amide bonds. The SMILES string of the molecule is N#CCOc1cc(F)ccc1C(F)(F)F. The van der Waals surface area contributed by atoms with E-state index in [9.17, 15) is 17.6 Å². The van der Waals surface area contributed by atoms with Gasteiger partial charge in [-0.25, -0.2) is 4.39 Å². The number of hydrogen-bond donors (Lipinski definition) is 0. The van der Waals surface area contributed by atoms with Gasteiger partial charge in [0.1, 0.15) is 17.6 Å². The molecule has 0 aromatic heterocycles. The molecular weight excluding hydrogens is 214 g/mol. The Balaban J connectivity index is 3.10. The summed E-state index contributed by atoms with van der Waals surface area (Å²) in [6, 6.07) is 3.35. The highest BCUT2D eigenvalue weighted by atomic mass is 19.4. The van der Waals surface area contributed by atoms with Crippen LogP contribution >= 0.6 is 0 Å². The molecule has 0 aliphatic heterocycles. The summed E-state index contributed by atoms with van der Waals surface area (Å²) in [6.07, 6.45) is -4.63. The van der Waals surface area contributed by atoms with Gasteiger partial charge in [0.2, 0.25) is 0 Å². The van der Waals surface area contributed by atoms with E-state index in [1.165, 1.54) is 6.07 Å². The Morgan fingerprint density at radius 2 is 2.00 bits per heavy atom. The van der Waals surface area contributed by atoms with E-state index < -0.39 is 29.9 Å². The van der Waals surface area contributed by atoms with Crippen LogP contribution in [0.1, 0.15) is 5.56 Å². The number of rotatable bonds is 2. The molecule has 80 valence electrons. The van der Waals surface area contributed by atoms with Crippen molar-refractivity contribution in [3.63, 3.8) is 0 Å². The number of nitriles is 1. The van der Waals surface area contributed by atoms with Gasteiger partial charge in [0.05, 0.1) is 5.56 Å². The Morgan fingerprint density at radius 3 is 2.53 bits per heavy atom. The molecule has 0 heterocycles. The molecule has 0 fully saturated rings. The van der Waals surface area contributed by atoms with E-state index in [0.717, 1.165) is 0 Å². The lowest BCUT2D eigenvalue weighted by atomic mass is 10.2. The minimum atomic E-state index is -4.63. The molecule has 0 bridgehead atoms. The highest BCUT2D eigenvalue weighted by Gasteiger charge is 2.34. The van der Waals surface area contributed by atoms with Gasteiger partial charge in [-0.05, 0) is 12.1 Å². The van der Waals surface area contributed by atoms with Crippen molar-refractivity contribution in [1.82, 2.24) is 0 Å². The van der Waals surface area contributed by atoms with Gasteiger partial charge in [-0.1, -0.05) is 0 Å². The number of ether oxygens (including phenoxy) is 1. The van der Waals surface area contributed by atoms with Gasteiger partial charge in [-0.2, -0.15) is 18.4 Å². The molecule has 0 aliphatic carbocycles. The third-order valence-electron chi connectivity index (χ3n) is 1.54. The topological polar surface area (TPSA) is 33.0 Å². The van der Waals surface area contributed by atoms with Crippen LogP contribution in [-0.2, 0) is 6.18 Å². The van der Waals surface area contributed by atoms with Gasteiger partial charge in [0, 0.05) is 6.07 Å². The van der Waals surface area contributed by atoms with E-state index in [4.69, 9.17) is 5.26 Å². The standard InChI is InChI=1S/C9H5F4NO/c10-6-1-2-7(9(11,12)13)8(5-6)15-4-3-14/h1-2,5H,4H2. The normalized spacial score (nSPS) is 10.9. The van der Waals surface area contributed by atoms with Crippen LogP contribution in [0.15, 0.2) is 18.2 Å². The number of benzene rings is 1. The molecule has 0 saturated carbocycles. The summed E-state index contributed by atoms with van der Waals surface area (Å²) in [4.78, 5) is 0. The third kappa shape index (κ3) is 2.84. The molecule has 0 radical (unpaired) electrons. The van der Waals surface area contributed by atoms with Crippen LogP contribution < -0.4 is 4.74 Å². The quantitative estimate of drug-likeness (QED) is 0.716. The van der Waals surface area contributed by atoms with Crippen molar-refractivity contribution in [3.8, 4) is 11.8 Å². The van der Waals surface area contributed by atoms with Crippen LogP contribution in [-0.4, -0.2) is 6.61 Å². The maximum atomic E-state index is 12.6. The second kappa shape index (κ2) is 4.17. The largest absolute Gasteiger partial charge is 0.478 e. The lowest BCUT2D eigenvalue weighted by Gasteiger charge is -2.11. The number of hydrogen-bond acceptors (Lipinski definition) is 2. The van der Waals surface area contributed by atoms with E-state index in [-0.39, 0.29) is 0 Å². The highest BCUT2D eigenvalue weighted by Crippen LogP contribution is 2.36. The second-order valence-corrected chi connectivity index (χ2v) is 2.59. The monoisotopic (exact) mass is 219 g/mol. The molecule has 0 unspecified atom stereocenters. The maximum Gasteiger partial charge on any atom is 0.419 e. The lowest BCUT2D eigenvalue weighted by Crippen LogP contribution is -2.09. The summed E-state index contributed by atoms with van der Waals surface area (Å²) >= 11 is 0. The molecule has 1 aromatic rings. The third-order valence-corrected chi connectivity index (χ3v) is 1.54. The molecule has 0 spiro atoms. The van der Waals surface area contributed by atoms with E-state index in [0.29, 0.717) is 18.2 Å². The van der Waals surface area contributed by atoms with Crippen molar-refractivity contribution in [3.05, 3.63) is 29.6 Å². The van der Waals surface area contributed by atoms with Crippen molar-refractivity contribution in [2.24, 2.45) is 0 Å². The van der Waals surface area contributed by atoms with Crippen LogP contribution in [0.5, 0.6) is 5.75 Å². The van der Waals surface area contributed by atoms with Crippen molar-refractivity contribution in [2.75, 3.05) is 6.61 Å². The minimum absolute atomic E-state index is 0.563. The van der Waals surface area contributed by atoms with Crippen LogP contribution in [0.2, 0.25) is 0 Å². The highest BCUT2D eigenvalue weighted by molar-refractivity contribution is 5.36. The molecule has 0 N–H and O–H groups in total. The van der Waals surface area contributed by atoms with E-state index >= 15 is 0 Å². The second-order valence-electron chi connectivity index (χ2n) is 2.59. The molecular formula is C9H5F4NO. The Labute approximate surface area is 82.7 Å². The molecule has 2 nitrogen and oxygen atoms in total. The molecule has 0 atom stereocenters. The number of nitrogens with zero attached hydrogens (tertiary/aromatic N) is 1. The first-order chi connectivity index (χ1) is 6.95. The average Bonchev–Trinajstić information content (AvgIpc) is 2.12. The molecule has 0 aliphatic rings. The Morgan fingerprint density at radius 1 is 1.33 bits per heavy atom. The number of alkyl halides is 3. The van der Waals surface area contributed by atoms with Crippen molar-refractivity contribution in [2.45, 2.75) is 6.18 Å². The van der Waals surface area contributed by atoms with Gasteiger partial charge in [0.25, 0.3) is 0 Å². The number of halogens is 4. The summed E-state index contributed by atoms with van der Waals surface area (Å²) in [5.41, 5.74) is -1.10. The first-order valence-corrected chi connectivity index (χ1v) is 3.81. The summed E-state index contributed by atoms with van der Waals surface area (Å²) < 4.78 is 54.1. The van der Waals surface area contributed by atoms with E-state index in [1.807, 2.05) is 0 Å². The summed E-state index contributed by atoms with van der Waals surface area (Å²) in [6.45, 7) is -0.563. The van der Waals surface area contributed by atoms with E-state index in [2.05, 4.69) is 4.74 Å². The average molecular weight is 219 g/mol. The van der Waals surface area contributed by atoms with Gasteiger partial charge < -0.3 is 4.74 Å². The summed E-state index contributed by atoms with van der Waals surface area (Å²) in [7, 11) is 0. The fourth-order valence-corrected chi connectivity index (χ4v) is 0.960. The van der Waals surface area contributed by atoms with Crippen LogP contribution in [0.3, 0.4) is 0 Å². The van der Waals surface area contributed by atoms with Gasteiger partial charge >= 0.3 is 6.18 Å². The minimum Gasteiger partial charge on any atom is -0.478 e. The van der Waals surface area contributed by atoms with Crippen molar-refractivity contribution in [1.29, 1.82) is 5.26 Å². The van der Waals surface area contributed by atoms with Crippen LogP contribution in [0.4, 0.5) is 17.6 Å². The first kappa shape index (κ1) is 11.3. The summed E-state index contributed by atoms with van der Waals surface area (Å²) in [5.74, 6) is -1.53. The summed E-state index contributed by atoms with van der Waals surface area (Å²) in [5, 5.41) is 8.14. The Kier molecular flexibility index (Phi) is 3.14. The lowest BCUT2D eigenvalue weighted by molar-refractivity contribution is -0.138. The van der Waals surface area contributed by atoms with Crippen LogP contribution in [0, 0.1) is 17.1 Å². The smallest absolute Gasteiger partial charge is 0.419 e. The maximum absolute atomic E-state index is 12.6. The van der Waals surface area contributed by atoms with Crippen molar-refractivity contribution >= 4 is 0 Å².